The minimum absolute atomic E-state index is 0.0695. The second kappa shape index (κ2) is 7.19. The fraction of sp³-hybridized carbons (Fsp3) is 0.429. The molecule has 0 atom stereocenters. The lowest BCUT2D eigenvalue weighted by molar-refractivity contribution is 0.0910. The van der Waals surface area contributed by atoms with E-state index in [0.717, 1.165) is 29.1 Å². The van der Waals surface area contributed by atoms with Crippen molar-refractivity contribution in [1.29, 1.82) is 0 Å². The number of primary amides is 1. The fourth-order valence-electron chi connectivity index (χ4n) is 3.85. The van der Waals surface area contributed by atoms with E-state index < -0.39 is 5.91 Å². The molecular weight excluding hydrogens is 342 g/mol. The molecule has 1 amide bonds. The summed E-state index contributed by atoms with van der Waals surface area (Å²) < 4.78 is 2.09. The van der Waals surface area contributed by atoms with Crippen LogP contribution >= 0.6 is 0 Å². The molecule has 0 aliphatic heterocycles. The number of nitrogens with one attached hydrogen (secondary N) is 1. The van der Waals surface area contributed by atoms with Crippen molar-refractivity contribution in [3.63, 3.8) is 0 Å². The van der Waals surface area contributed by atoms with Gasteiger partial charge in [0, 0.05) is 47.9 Å². The Hall–Kier alpha value is -2.60. The molecule has 4 N–H and O–H groups in total. The molecule has 27 heavy (non-hydrogen) atoms. The molecule has 0 saturated carbocycles. The second-order valence-electron chi connectivity index (χ2n) is 8.02. The number of aromatic nitrogens is 1. The number of hydrogen-bond acceptors (Lipinski definition) is 4. The van der Waals surface area contributed by atoms with E-state index >= 15 is 0 Å². The Bertz CT molecular complexity index is 896. The van der Waals surface area contributed by atoms with Crippen LogP contribution in [0.4, 0.5) is 5.69 Å². The zero-order valence-corrected chi connectivity index (χ0v) is 16.1. The smallest absolute Gasteiger partial charge is 0.250 e. The first-order valence-electron chi connectivity index (χ1n) is 9.27. The number of nitrogens with two attached hydrogens (primary N) is 1. The first-order valence-corrected chi connectivity index (χ1v) is 9.27. The van der Waals surface area contributed by atoms with Crippen LogP contribution in [0.2, 0.25) is 0 Å². The number of Topliss-reactive ketones (excluding diaryl/α,β-unsaturated/α-hetero) is 1. The van der Waals surface area contributed by atoms with Gasteiger partial charge in [-0.25, -0.2) is 0 Å². The number of nitrogens with zero attached hydrogens (tertiary/aromatic N) is 1. The van der Waals surface area contributed by atoms with Crippen molar-refractivity contribution in [2.75, 3.05) is 18.5 Å². The number of carbonyl (C=O) groups is 2. The zero-order valence-electron chi connectivity index (χ0n) is 16.1. The summed E-state index contributed by atoms with van der Waals surface area (Å²) in [6.07, 6.45) is 1.94. The third-order valence-electron chi connectivity index (χ3n) is 5.05. The summed E-state index contributed by atoms with van der Waals surface area (Å²) in [5, 5.41) is 12.2. The number of anilines is 1. The number of ketones is 1. The van der Waals surface area contributed by atoms with Crippen LogP contribution in [0.5, 0.6) is 0 Å². The Balaban J connectivity index is 2.08. The third kappa shape index (κ3) is 3.76. The SMILES string of the molecule is Cc1cc2c(n1-c1ccc(C(N)=O)c(NCCCO)c1)CC(C)(C)CC2=O. The molecule has 0 spiro atoms. The van der Waals surface area contributed by atoms with Gasteiger partial charge in [0.15, 0.2) is 5.78 Å². The topological polar surface area (TPSA) is 97.3 Å². The maximum atomic E-state index is 12.6. The number of aryl methyl sites for hydroxylation is 1. The summed E-state index contributed by atoms with van der Waals surface area (Å²) in [4.78, 5) is 24.3. The molecule has 1 aliphatic carbocycles. The lowest BCUT2D eigenvalue weighted by atomic mass is 9.76. The standard InChI is InChI=1S/C21H27N3O3/c1-13-9-16-18(11-21(2,3)12-19(16)26)24(13)14-5-6-15(20(22)27)17(10-14)23-7-4-8-25/h5-6,9-10,23,25H,4,7-8,11-12H2,1-3H3,(H2,22,27). The highest BCUT2D eigenvalue weighted by Gasteiger charge is 2.34. The van der Waals surface area contributed by atoms with E-state index in [9.17, 15) is 9.59 Å². The number of hydrogen-bond donors (Lipinski definition) is 3. The van der Waals surface area contributed by atoms with Crippen molar-refractivity contribution in [2.45, 2.75) is 40.0 Å². The molecule has 1 aliphatic rings. The van der Waals surface area contributed by atoms with Crippen LogP contribution in [0.1, 0.15) is 58.8 Å². The minimum atomic E-state index is -0.504. The largest absolute Gasteiger partial charge is 0.396 e. The number of fused-ring (bicyclic) bond motifs is 1. The number of carbonyl (C=O) groups excluding carboxylic acids is 2. The molecule has 6 heteroatoms. The maximum absolute atomic E-state index is 12.6. The lowest BCUT2D eigenvalue weighted by Crippen LogP contribution is -2.27. The van der Waals surface area contributed by atoms with Gasteiger partial charge in [-0.15, -0.1) is 0 Å². The molecule has 0 fully saturated rings. The van der Waals surface area contributed by atoms with Gasteiger partial charge < -0.3 is 20.7 Å². The number of aliphatic hydroxyl groups is 1. The molecule has 1 heterocycles. The highest BCUT2D eigenvalue weighted by atomic mass is 16.3. The van der Waals surface area contributed by atoms with Gasteiger partial charge in [-0.05, 0) is 49.4 Å². The van der Waals surface area contributed by atoms with Crippen LogP contribution in [-0.2, 0) is 6.42 Å². The molecule has 1 aromatic carbocycles. The molecule has 0 unspecified atom stereocenters. The van der Waals surface area contributed by atoms with E-state index in [2.05, 4.69) is 23.7 Å². The van der Waals surface area contributed by atoms with E-state index in [1.54, 1.807) is 6.07 Å². The Morgan fingerprint density at radius 1 is 1.30 bits per heavy atom. The van der Waals surface area contributed by atoms with Crippen molar-refractivity contribution < 1.29 is 14.7 Å². The van der Waals surface area contributed by atoms with Crippen molar-refractivity contribution in [1.82, 2.24) is 4.57 Å². The molecule has 144 valence electrons. The van der Waals surface area contributed by atoms with E-state index in [-0.39, 0.29) is 17.8 Å². The van der Waals surface area contributed by atoms with Gasteiger partial charge in [0.05, 0.1) is 5.56 Å². The number of aliphatic hydroxyl groups excluding tert-OH is 1. The predicted molar refractivity (Wildman–Crippen MR) is 106 cm³/mol. The Kier molecular flexibility index (Phi) is 5.11. The Labute approximate surface area is 159 Å². The van der Waals surface area contributed by atoms with Crippen LogP contribution in [0.3, 0.4) is 0 Å². The summed E-state index contributed by atoms with van der Waals surface area (Å²) in [7, 11) is 0. The van der Waals surface area contributed by atoms with Crippen molar-refractivity contribution >= 4 is 17.4 Å². The zero-order chi connectivity index (χ0) is 19.8. The molecule has 2 aromatic rings. The number of rotatable bonds is 6. The summed E-state index contributed by atoms with van der Waals surface area (Å²) >= 11 is 0. The van der Waals surface area contributed by atoms with Gasteiger partial charge in [0.2, 0.25) is 0 Å². The first-order chi connectivity index (χ1) is 12.7. The van der Waals surface area contributed by atoms with Crippen molar-refractivity contribution in [3.05, 3.63) is 46.8 Å². The molecule has 6 nitrogen and oxygen atoms in total. The van der Waals surface area contributed by atoms with E-state index in [1.807, 2.05) is 25.1 Å². The third-order valence-corrected chi connectivity index (χ3v) is 5.05. The average molecular weight is 369 g/mol. The minimum Gasteiger partial charge on any atom is -0.396 e. The van der Waals surface area contributed by atoms with Crippen LogP contribution in [0.25, 0.3) is 5.69 Å². The second-order valence-corrected chi connectivity index (χ2v) is 8.02. The van der Waals surface area contributed by atoms with E-state index in [1.165, 1.54) is 0 Å². The Morgan fingerprint density at radius 3 is 2.70 bits per heavy atom. The molecule has 0 bridgehead atoms. The summed E-state index contributed by atoms with van der Waals surface area (Å²) in [6, 6.07) is 7.40. The van der Waals surface area contributed by atoms with Gasteiger partial charge >= 0.3 is 0 Å². The van der Waals surface area contributed by atoms with Gasteiger partial charge in [-0.3, -0.25) is 9.59 Å². The predicted octanol–water partition coefficient (Wildman–Crippen LogP) is 2.83. The van der Waals surface area contributed by atoms with Crippen LogP contribution in [0.15, 0.2) is 24.3 Å². The summed E-state index contributed by atoms with van der Waals surface area (Å²) in [5.74, 6) is -0.325. The van der Waals surface area contributed by atoms with E-state index in [4.69, 9.17) is 10.8 Å². The number of benzene rings is 1. The summed E-state index contributed by atoms with van der Waals surface area (Å²) in [5.41, 5.74) is 10.1. The monoisotopic (exact) mass is 369 g/mol. The fourth-order valence-corrected chi connectivity index (χ4v) is 3.85. The van der Waals surface area contributed by atoms with Gasteiger partial charge in [0.1, 0.15) is 0 Å². The van der Waals surface area contributed by atoms with Gasteiger partial charge in [-0.1, -0.05) is 13.8 Å². The first kappa shape index (κ1) is 19.2. The summed E-state index contributed by atoms with van der Waals surface area (Å²) in [6.45, 7) is 6.81. The molecule has 0 radical (unpaired) electrons. The molecule has 1 aromatic heterocycles. The molecule has 3 rings (SSSR count). The van der Waals surface area contributed by atoms with Crippen LogP contribution < -0.4 is 11.1 Å². The van der Waals surface area contributed by atoms with Gasteiger partial charge in [-0.2, -0.15) is 0 Å². The van der Waals surface area contributed by atoms with Crippen molar-refractivity contribution in [2.24, 2.45) is 11.1 Å². The highest BCUT2D eigenvalue weighted by Crippen LogP contribution is 2.38. The average Bonchev–Trinajstić information content (AvgIpc) is 2.90. The Morgan fingerprint density at radius 2 is 2.04 bits per heavy atom. The quantitative estimate of drug-likeness (QED) is 0.682. The maximum Gasteiger partial charge on any atom is 0.250 e. The van der Waals surface area contributed by atoms with Crippen LogP contribution in [0, 0.1) is 12.3 Å². The molecular formula is C21H27N3O3. The number of amides is 1. The normalized spacial score (nSPS) is 15.5. The van der Waals surface area contributed by atoms with Gasteiger partial charge in [0.25, 0.3) is 5.91 Å². The van der Waals surface area contributed by atoms with E-state index in [0.29, 0.717) is 30.6 Å². The highest BCUT2D eigenvalue weighted by molar-refractivity contribution is 6.00. The lowest BCUT2D eigenvalue weighted by Gasteiger charge is -2.30. The van der Waals surface area contributed by atoms with Crippen LogP contribution in [-0.4, -0.2) is 34.5 Å². The molecule has 0 saturated heterocycles. The van der Waals surface area contributed by atoms with Crippen molar-refractivity contribution in [3.8, 4) is 5.69 Å².